The van der Waals surface area contributed by atoms with E-state index in [2.05, 4.69) is 241 Å². The lowest BCUT2D eigenvalue weighted by Gasteiger charge is -2.35. The molecule has 0 aliphatic heterocycles. The number of fused-ring (bicyclic) bond motifs is 7. The number of aromatic nitrogens is 1. The van der Waals surface area contributed by atoms with E-state index < -0.39 is 5.41 Å². The predicted octanol–water partition coefficient (Wildman–Crippen LogP) is 17.0. The third-order valence-electron chi connectivity index (χ3n) is 13.4. The minimum Gasteiger partial charge on any atom is -0.436 e. The average molecular weight is 861 g/mol. The molecule has 0 saturated carbocycles. The molecule has 0 atom stereocenters. The topological polar surface area (TPSA) is 29.3 Å². The fourth-order valence-electron chi connectivity index (χ4n) is 10.4. The fraction of sp³-hybridized carbons (Fsp3) is 0.0161. The largest absolute Gasteiger partial charge is 0.436 e. The van der Waals surface area contributed by atoms with Gasteiger partial charge in [0.2, 0.25) is 5.89 Å². The van der Waals surface area contributed by atoms with Gasteiger partial charge in [0.15, 0.2) is 5.58 Å². The molecule has 0 amide bonds. The van der Waals surface area contributed by atoms with E-state index in [0.717, 1.165) is 39.3 Å². The number of nitrogens with zero attached hydrogens (tertiary/aromatic N) is 2. The highest BCUT2D eigenvalue weighted by Gasteiger charge is 2.46. The standard InChI is InChI=1S/C62H40N2OS/c1-4-15-41(16-5-1)42-27-29-44(30-28-42)61-63-57-40-49(36-38-58(57)65-61)64(47-33-31-43(32-34-47)50-23-14-24-54-53-22-11-13-26-59(53)66-60(50)54)48-35-37-52-51-21-10-12-25-55(51)62(56(52)39-48,45-17-6-2-7-18-45)46-19-8-3-9-20-46/h1-40H. The maximum atomic E-state index is 6.46. The zero-order chi connectivity index (χ0) is 43.6. The van der Waals surface area contributed by atoms with Crippen LogP contribution in [0.15, 0.2) is 247 Å². The van der Waals surface area contributed by atoms with Gasteiger partial charge < -0.3 is 9.32 Å². The van der Waals surface area contributed by atoms with Crippen LogP contribution >= 0.6 is 11.3 Å². The molecule has 310 valence electrons. The van der Waals surface area contributed by atoms with E-state index in [1.807, 2.05) is 17.4 Å². The van der Waals surface area contributed by atoms with E-state index in [1.54, 1.807) is 0 Å². The zero-order valence-corrected chi connectivity index (χ0v) is 36.6. The van der Waals surface area contributed by atoms with Crippen molar-refractivity contribution in [1.82, 2.24) is 4.98 Å². The van der Waals surface area contributed by atoms with Crippen LogP contribution < -0.4 is 4.90 Å². The first-order valence-corrected chi connectivity index (χ1v) is 23.3. The number of hydrogen-bond donors (Lipinski definition) is 0. The Labute approximate surface area is 387 Å². The summed E-state index contributed by atoms with van der Waals surface area (Å²) >= 11 is 1.86. The number of benzene rings is 10. The van der Waals surface area contributed by atoms with Gasteiger partial charge in [-0.1, -0.05) is 182 Å². The van der Waals surface area contributed by atoms with E-state index in [1.165, 1.54) is 70.2 Å². The highest BCUT2D eigenvalue weighted by atomic mass is 32.1. The number of hydrogen-bond acceptors (Lipinski definition) is 4. The second kappa shape index (κ2) is 15.4. The van der Waals surface area contributed by atoms with Crippen molar-refractivity contribution < 1.29 is 4.42 Å². The summed E-state index contributed by atoms with van der Waals surface area (Å²) in [5.74, 6) is 0.596. The highest BCUT2D eigenvalue weighted by Crippen LogP contribution is 2.57. The first kappa shape index (κ1) is 38.2. The normalized spacial score (nSPS) is 12.7. The summed E-state index contributed by atoms with van der Waals surface area (Å²) in [6.07, 6.45) is 0. The molecular formula is C62H40N2OS. The molecule has 4 heteroatoms. The molecule has 0 unspecified atom stereocenters. The molecule has 0 bridgehead atoms. The highest BCUT2D eigenvalue weighted by molar-refractivity contribution is 7.26. The lowest BCUT2D eigenvalue weighted by Crippen LogP contribution is -2.28. The summed E-state index contributed by atoms with van der Waals surface area (Å²) in [4.78, 5) is 7.48. The van der Waals surface area contributed by atoms with Crippen LogP contribution in [0.2, 0.25) is 0 Å². The van der Waals surface area contributed by atoms with Crippen LogP contribution in [0.3, 0.4) is 0 Å². The van der Waals surface area contributed by atoms with Crippen LogP contribution in [0, 0.1) is 0 Å². The molecular weight excluding hydrogens is 821 g/mol. The maximum Gasteiger partial charge on any atom is 0.227 e. The quantitative estimate of drug-likeness (QED) is 0.152. The molecule has 0 fully saturated rings. The molecule has 0 radical (unpaired) electrons. The third kappa shape index (κ3) is 6.07. The predicted molar refractivity (Wildman–Crippen MR) is 275 cm³/mol. The SMILES string of the molecule is c1ccc(-c2ccc(-c3nc4cc(N(c5ccc(-c6cccc7c6sc6ccccc67)cc5)c5ccc6c(c5)C(c5ccccc5)(c5ccccc5)c5ccccc5-6)ccc4o3)cc2)cc1. The molecule has 66 heavy (non-hydrogen) atoms. The summed E-state index contributed by atoms with van der Waals surface area (Å²) in [6.45, 7) is 0. The summed E-state index contributed by atoms with van der Waals surface area (Å²) in [6, 6.07) is 87.7. The molecule has 1 aliphatic rings. The maximum absolute atomic E-state index is 6.46. The molecule has 12 aromatic rings. The van der Waals surface area contributed by atoms with Gasteiger partial charge in [-0.05, 0) is 116 Å². The second-order valence-electron chi connectivity index (χ2n) is 17.0. The van der Waals surface area contributed by atoms with Gasteiger partial charge in [-0.15, -0.1) is 11.3 Å². The van der Waals surface area contributed by atoms with Crippen molar-refractivity contribution >= 4 is 59.7 Å². The Bertz CT molecular complexity index is 3700. The molecule has 0 saturated heterocycles. The van der Waals surface area contributed by atoms with E-state index in [0.29, 0.717) is 5.89 Å². The average Bonchev–Trinajstić information content (AvgIpc) is 4.08. The summed E-state index contributed by atoms with van der Waals surface area (Å²) in [7, 11) is 0. The van der Waals surface area contributed by atoms with Gasteiger partial charge in [0.1, 0.15) is 5.52 Å². The molecule has 0 spiro atoms. The van der Waals surface area contributed by atoms with Crippen molar-refractivity contribution in [3.63, 3.8) is 0 Å². The minimum absolute atomic E-state index is 0.538. The van der Waals surface area contributed by atoms with Crippen LogP contribution in [0.4, 0.5) is 17.1 Å². The Morgan fingerprint density at radius 3 is 1.73 bits per heavy atom. The van der Waals surface area contributed by atoms with Gasteiger partial charge in [-0.25, -0.2) is 4.98 Å². The van der Waals surface area contributed by atoms with E-state index >= 15 is 0 Å². The molecule has 2 aromatic heterocycles. The lowest BCUT2D eigenvalue weighted by molar-refractivity contribution is 0.620. The molecule has 0 N–H and O–H groups in total. The fourth-order valence-corrected chi connectivity index (χ4v) is 11.6. The van der Waals surface area contributed by atoms with Crippen LogP contribution in [0.25, 0.3) is 76.1 Å². The monoisotopic (exact) mass is 860 g/mol. The van der Waals surface area contributed by atoms with Crippen molar-refractivity contribution in [3.05, 3.63) is 265 Å². The van der Waals surface area contributed by atoms with Gasteiger partial charge in [-0.2, -0.15) is 0 Å². The zero-order valence-electron chi connectivity index (χ0n) is 35.8. The molecule has 2 heterocycles. The number of anilines is 3. The Balaban J connectivity index is 0.977. The minimum atomic E-state index is -0.538. The smallest absolute Gasteiger partial charge is 0.227 e. The van der Waals surface area contributed by atoms with Gasteiger partial charge >= 0.3 is 0 Å². The Hall–Kier alpha value is -8.31. The van der Waals surface area contributed by atoms with Crippen molar-refractivity contribution in [3.8, 4) is 44.8 Å². The van der Waals surface area contributed by atoms with Crippen molar-refractivity contribution in [2.24, 2.45) is 0 Å². The van der Waals surface area contributed by atoms with Crippen molar-refractivity contribution in [1.29, 1.82) is 0 Å². The number of rotatable bonds is 8. The number of oxazole rings is 1. The molecule has 10 aromatic carbocycles. The summed E-state index contributed by atoms with van der Waals surface area (Å²) in [5, 5.41) is 2.60. The first-order chi connectivity index (χ1) is 32.7. The second-order valence-corrected chi connectivity index (χ2v) is 18.1. The van der Waals surface area contributed by atoms with E-state index in [9.17, 15) is 0 Å². The Morgan fingerprint density at radius 1 is 0.394 bits per heavy atom. The van der Waals surface area contributed by atoms with Crippen LogP contribution in [0.5, 0.6) is 0 Å². The Morgan fingerprint density at radius 2 is 0.955 bits per heavy atom. The Kier molecular flexibility index (Phi) is 8.93. The van der Waals surface area contributed by atoms with E-state index in [4.69, 9.17) is 9.40 Å². The van der Waals surface area contributed by atoms with E-state index in [-0.39, 0.29) is 0 Å². The molecule has 1 aliphatic carbocycles. The summed E-state index contributed by atoms with van der Waals surface area (Å²) in [5.41, 5.74) is 17.3. The first-order valence-electron chi connectivity index (χ1n) is 22.4. The van der Waals surface area contributed by atoms with Crippen molar-refractivity contribution in [2.75, 3.05) is 4.90 Å². The van der Waals surface area contributed by atoms with Crippen LogP contribution in [-0.4, -0.2) is 4.98 Å². The number of thiophene rings is 1. The van der Waals surface area contributed by atoms with Crippen LogP contribution in [0.1, 0.15) is 22.3 Å². The summed E-state index contributed by atoms with van der Waals surface area (Å²) < 4.78 is 9.07. The van der Waals surface area contributed by atoms with Gasteiger partial charge in [0, 0.05) is 42.8 Å². The van der Waals surface area contributed by atoms with Gasteiger partial charge in [0.25, 0.3) is 0 Å². The van der Waals surface area contributed by atoms with Crippen molar-refractivity contribution in [2.45, 2.75) is 5.41 Å². The van der Waals surface area contributed by atoms with Crippen LogP contribution in [-0.2, 0) is 5.41 Å². The lowest BCUT2D eigenvalue weighted by atomic mass is 9.67. The molecule has 13 rings (SSSR count). The third-order valence-corrected chi connectivity index (χ3v) is 14.6. The van der Waals surface area contributed by atoms with Gasteiger partial charge in [-0.3, -0.25) is 0 Å². The molecule has 3 nitrogen and oxygen atoms in total. The van der Waals surface area contributed by atoms with Gasteiger partial charge in [0.05, 0.1) is 5.41 Å².